The highest BCUT2D eigenvalue weighted by Crippen LogP contribution is 2.25. The summed E-state index contributed by atoms with van der Waals surface area (Å²) in [5, 5.41) is 3.44. The molecule has 0 aliphatic rings. The van der Waals surface area contributed by atoms with E-state index < -0.39 is 0 Å². The highest BCUT2D eigenvalue weighted by molar-refractivity contribution is 5.94. The summed E-state index contributed by atoms with van der Waals surface area (Å²) >= 11 is 0. The molecule has 0 fully saturated rings. The summed E-state index contributed by atoms with van der Waals surface area (Å²) in [6, 6.07) is 12.4. The maximum atomic E-state index is 12.4. The van der Waals surface area contributed by atoms with E-state index in [0.717, 1.165) is 23.1 Å². The zero-order valence-corrected chi connectivity index (χ0v) is 14.7. The third-order valence-corrected chi connectivity index (χ3v) is 4.13. The van der Waals surface area contributed by atoms with Crippen LogP contribution >= 0.6 is 0 Å². The van der Waals surface area contributed by atoms with E-state index in [1.165, 1.54) is 6.07 Å². The lowest BCUT2D eigenvalue weighted by molar-refractivity contribution is 0.0953. The number of fused-ring (bicyclic) bond motifs is 1. The molecule has 1 amide bonds. The lowest BCUT2D eigenvalue weighted by atomic mass is 10.1. The van der Waals surface area contributed by atoms with Gasteiger partial charge >= 0.3 is 0 Å². The van der Waals surface area contributed by atoms with E-state index in [1.807, 2.05) is 32.9 Å². The zero-order valence-electron chi connectivity index (χ0n) is 14.7. The van der Waals surface area contributed by atoms with Crippen LogP contribution in [0.15, 0.2) is 51.7 Å². The summed E-state index contributed by atoms with van der Waals surface area (Å²) in [7, 11) is 0. The van der Waals surface area contributed by atoms with E-state index in [-0.39, 0.29) is 11.3 Å². The standard InChI is InChI=1S/C21H21NO3/c1-4-9-22-21(24)16-7-5-15(6-8-16)19-12-18(23)17-11-13(2)10-14(3)20(17)25-19/h5-8,10-12H,4,9H2,1-3H3,(H,22,24). The first-order chi connectivity index (χ1) is 12.0. The van der Waals surface area contributed by atoms with E-state index in [4.69, 9.17) is 4.42 Å². The van der Waals surface area contributed by atoms with Crippen molar-refractivity contribution in [1.29, 1.82) is 0 Å². The highest BCUT2D eigenvalue weighted by Gasteiger charge is 2.11. The molecule has 0 aliphatic carbocycles. The van der Waals surface area contributed by atoms with Crippen LogP contribution in [-0.2, 0) is 0 Å². The second kappa shape index (κ2) is 6.93. The lowest BCUT2D eigenvalue weighted by Gasteiger charge is -2.08. The molecule has 0 aliphatic heterocycles. The molecule has 0 bridgehead atoms. The zero-order chi connectivity index (χ0) is 18.0. The molecule has 0 atom stereocenters. The van der Waals surface area contributed by atoms with E-state index in [9.17, 15) is 9.59 Å². The summed E-state index contributed by atoms with van der Waals surface area (Å²) in [5.74, 6) is 0.407. The monoisotopic (exact) mass is 335 g/mol. The molecule has 4 nitrogen and oxygen atoms in total. The Balaban J connectivity index is 1.99. The van der Waals surface area contributed by atoms with Gasteiger partial charge in [0.25, 0.3) is 5.91 Å². The number of hydrogen-bond donors (Lipinski definition) is 1. The van der Waals surface area contributed by atoms with Gasteiger partial charge in [-0.15, -0.1) is 0 Å². The fourth-order valence-electron chi connectivity index (χ4n) is 2.88. The number of carbonyl (C=O) groups excluding carboxylic acids is 1. The summed E-state index contributed by atoms with van der Waals surface area (Å²) in [6.07, 6.45) is 0.894. The van der Waals surface area contributed by atoms with Crippen LogP contribution in [0, 0.1) is 13.8 Å². The fraction of sp³-hybridized carbons (Fsp3) is 0.238. The summed E-state index contributed by atoms with van der Waals surface area (Å²) < 4.78 is 5.98. The van der Waals surface area contributed by atoms with Crippen molar-refractivity contribution in [2.24, 2.45) is 0 Å². The van der Waals surface area contributed by atoms with Gasteiger partial charge in [-0.3, -0.25) is 9.59 Å². The van der Waals surface area contributed by atoms with Crippen LogP contribution in [0.2, 0.25) is 0 Å². The number of aryl methyl sites for hydroxylation is 2. The molecule has 0 saturated carbocycles. The third-order valence-electron chi connectivity index (χ3n) is 4.13. The van der Waals surface area contributed by atoms with Gasteiger partial charge in [0.15, 0.2) is 5.43 Å². The minimum atomic E-state index is -0.0975. The molecule has 1 N–H and O–H groups in total. The molecule has 1 heterocycles. The van der Waals surface area contributed by atoms with Gasteiger partial charge in [-0.05, 0) is 49.6 Å². The molecule has 0 saturated heterocycles. The number of hydrogen-bond acceptors (Lipinski definition) is 3. The molecule has 1 aromatic heterocycles. The predicted molar refractivity (Wildman–Crippen MR) is 100 cm³/mol. The van der Waals surface area contributed by atoms with Crippen LogP contribution in [0.25, 0.3) is 22.3 Å². The van der Waals surface area contributed by atoms with Gasteiger partial charge in [-0.1, -0.05) is 25.1 Å². The molecule has 4 heteroatoms. The van der Waals surface area contributed by atoms with Crippen LogP contribution in [-0.4, -0.2) is 12.5 Å². The maximum absolute atomic E-state index is 12.4. The predicted octanol–water partition coefficient (Wildman–Crippen LogP) is 4.22. The Hall–Kier alpha value is -2.88. The topological polar surface area (TPSA) is 59.3 Å². The fourth-order valence-corrected chi connectivity index (χ4v) is 2.88. The first-order valence-electron chi connectivity index (χ1n) is 8.43. The van der Waals surface area contributed by atoms with E-state index in [2.05, 4.69) is 5.32 Å². The van der Waals surface area contributed by atoms with E-state index in [1.54, 1.807) is 24.3 Å². The Morgan fingerprint density at radius 2 is 1.80 bits per heavy atom. The van der Waals surface area contributed by atoms with Gasteiger partial charge in [0, 0.05) is 23.7 Å². The second-order valence-electron chi connectivity index (χ2n) is 6.27. The quantitative estimate of drug-likeness (QED) is 0.777. The van der Waals surface area contributed by atoms with Crippen LogP contribution in [0.1, 0.15) is 34.8 Å². The van der Waals surface area contributed by atoms with Crippen molar-refractivity contribution >= 4 is 16.9 Å². The summed E-state index contributed by atoms with van der Waals surface area (Å²) in [4.78, 5) is 24.4. The van der Waals surface area contributed by atoms with Crippen LogP contribution in [0.3, 0.4) is 0 Å². The van der Waals surface area contributed by atoms with Crippen molar-refractivity contribution in [2.75, 3.05) is 6.54 Å². The van der Waals surface area contributed by atoms with Crippen molar-refractivity contribution in [2.45, 2.75) is 27.2 Å². The van der Waals surface area contributed by atoms with Crippen molar-refractivity contribution in [1.82, 2.24) is 5.32 Å². The van der Waals surface area contributed by atoms with Crippen LogP contribution in [0.4, 0.5) is 0 Å². The molecule has 0 radical (unpaired) electrons. The number of amides is 1. The largest absolute Gasteiger partial charge is 0.456 e. The highest BCUT2D eigenvalue weighted by atomic mass is 16.3. The molecular formula is C21H21NO3. The van der Waals surface area contributed by atoms with Crippen molar-refractivity contribution in [3.63, 3.8) is 0 Å². The SMILES string of the molecule is CCCNC(=O)c1ccc(-c2cc(=O)c3cc(C)cc(C)c3o2)cc1. The lowest BCUT2D eigenvalue weighted by Crippen LogP contribution is -2.23. The Bertz CT molecular complexity index is 984. The molecule has 3 aromatic rings. The summed E-state index contributed by atoms with van der Waals surface area (Å²) in [5.41, 5.74) is 3.88. The number of carbonyl (C=O) groups is 1. The first-order valence-corrected chi connectivity index (χ1v) is 8.43. The maximum Gasteiger partial charge on any atom is 0.251 e. The molecular weight excluding hydrogens is 314 g/mol. The first kappa shape index (κ1) is 17.0. The smallest absolute Gasteiger partial charge is 0.251 e. The Labute approximate surface area is 146 Å². The normalized spacial score (nSPS) is 10.8. The van der Waals surface area contributed by atoms with Gasteiger partial charge in [0.05, 0.1) is 5.39 Å². The van der Waals surface area contributed by atoms with Gasteiger partial charge in [-0.2, -0.15) is 0 Å². The third kappa shape index (κ3) is 3.48. The van der Waals surface area contributed by atoms with Crippen molar-refractivity contribution in [3.05, 3.63) is 69.4 Å². The van der Waals surface area contributed by atoms with Crippen LogP contribution in [0.5, 0.6) is 0 Å². The number of nitrogens with one attached hydrogen (secondary N) is 1. The van der Waals surface area contributed by atoms with E-state index >= 15 is 0 Å². The molecule has 0 unspecified atom stereocenters. The summed E-state index contributed by atoms with van der Waals surface area (Å²) in [6.45, 7) is 6.55. The van der Waals surface area contributed by atoms with Gasteiger partial charge < -0.3 is 9.73 Å². The average Bonchev–Trinajstić information content (AvgIpc) is 2.60. The Morgan fingerprint density at radius 3 is 2.48 bits per heavy atom. The molecule has 2 aromatic carbocycles. The van der Waals surface area contributed by atoms with Gasteiger partial charge in [0.2, 0.25) is 0 Å². The second-order valence-corrected chi connectivity index (χ2v) is 6.27. The Morgan fingerprint density at radius 1 is 1.08 bits per heavy atom. The number of benzene rings is 2. The Kier molecular flexibility index (Phi) is 4.70. The average molecular weight is 335 g/mol. The van der Waals surface area contributed by atoms with Crippen molar-refractivity contribution in [3.8, 4) is 11.3 Å². The van der Waals surface area contributed by atoms with Crippen molar-refractivity contribution < 1.29 is 9.21 Å². The minimum Gasteiger partial charge on any atom is -0.456 e. The molecule has 0 spiro atoms. The molecule has 25 heavy (non-hydrogen) atoms. The molecule has 3 rings (SSSR count). The number of rotatable bonds is 4. The molecule has 128 valence electrons. The van der Waals surface area contributed by atoms with Gasteiger partial charge in [-0.25, -0.2) is 0 Å². The van der Waals surface area contributed by atoms with Gasteiger partial charge in [0.1, 0.15) is 11.3 Å². The van der Waals surface area contributed by atoms with Crippen LogP contribution < -0.4 is 10.7 Å². The minimum absolute atomic E-state index is 0.0622. The van der Waals surface area contributed by atoms with E-state index in [0.29, 0.717) is 28.8 Å².